The molecule has 0 N–H and O–H groups in total. The highest BCUT2D eigenvalue weighted by molar-refractivity contribution is 4.53. The monoisotopic (exact) mass is 2390 g/mol. The maximum atomic E-state index is 2.31. The Bertz CT molecular complexity index is 1170. The van der Waals surface area contributed by atoms with Crippen molar-refractivity contribution in [2.45, 2.75) is 480 Å². The van der Waals surface area contributed by atoms with Gasteiger partial charge in [0.1, 0.15) is 0 Å². The summed E-state index contributed by atoms with van der Waals surface area (Å²) in [5.74, 6) is 0. The van der Waals surface area contributed by atoms with Crippen LogP contribution in [0.3, 0.4) is 0 Å². The van der Waals surface area contributed by atoms with Gasteiger partial charge in [0.25, 0.3) is 0 Å². The summed E-state index contributed by atoms with van der Waals surface area (Å²) in [5.41, 5.74) is 0. The lowest BCUT2D eigenvalue weighted by Crippen LogP contribution is -3.00. The lowest BCUT2D eigenvalue weighted by molar-refractivity contribution is -0.928. The summed E-state index contributed by atoms with van der Waals surface area (Å²) in [4.78, 5) is 0. The second kappa shape index (κ2) is 125. The third-order valence-electron chi connectivity index (χ3n) is 25.1. The molecule has 792 valence electrons. The van der Waals surface area contributed by atoms with Crippen molar-refractivity contribution < 1.29 is 193 Å². The Morgan fingerprint density at radius 3 is 0.103 bits per heavy atom. The summed E-state index contributed by atoms with van der Waals surface area (Å²) in [6.07, 6.45) is 48.0. The van der Waals surface area contributed by atoms with Crippen LogP contribution < -0.4 is 153 Å². The summed E-state index contributed by atoms with van der Waals surface area (Å²) in [6, 6.07) is 0. The molecule has 0 saturated carbocycles. The number of nitrogens with zero attached hydrogens (tertiary/aromatic N) is 9. The molecule has 0 aromatic carbocycles. The van der Waals surface area contributed by atoms with E-state index in [1.54, 1.807) is 0 Å². The van der Waals surface area contributed by atoms with Gasteiger partial charge in [-0.3, -0.25) is 0 Å². The Balaban J connectivity index is -0.0000000645. The lowest BCUT2D eigenvalue weighted by atomic mass is 10.2. The maximum Gasteiger partial charge on any atom is 0.0783 e. The van der Waals surface area contributed by atoms with E-state index in [1.165, 1.54) is 507 Å². The van der Waals surface area contributed by atoms with E-state index in [2.05, 4.69) is 249 Å². The van der Waals surface area contributed by atoms with Gasteiger partial charge in [-0.2, -0.15) is 0 Å². The Labute approximate surface area is 900 Å². The first-order valence-corrected chi connectivity index (χ1v) is 54.8. The van der Waals surface area contributed by atoms with Gasteiger partial charge in [0, 0.05) is 0 Å². The molecule has 0 unspecified atom stereocenters. The zero-order valence-electron chi connectivity index (χ0n) is 94.3. The first-order chi connectivity index (χ1) is 56.2. The van der Waals surface area contributed by atoms with Gasteiger partial charge in [-0.05, 0) is 231 Å². The summed E-state index contributed by atoms with van der Waals surface area (Å²) in [6.45, 7) is 133. The number of rotatable bonds is 72. The normalized spacial score (nSPS) is 11.1. The third-order valence-corrected chi connectivity index (χ3v) is 25.1. The van der Waals surface area contributed by atoms with E-state index >= 15 is 0 Å². The summed E-state index contributed by atoms with van der Waals surface area (Å²) < 4.78 is 12.4. The van der Waals surface area contributed by atoms with Crippen molar-refractivity contribution >= 4 is 0 Å². The molecule has 0 amide bonds. The van der Waals surface area contributed by atoms with Crippen LogP contribution in [-0.4, -0.2) is 276 Å². The largest absolute Gasteiger partial charge is 1.00 e. The summed E-state index contributed by atoms with van der Waals surface area (Å²) >= 11 is 0. The van der Waals surface area contributed by atoms with Crippen molar-refractivity contribution in [1.29, 1.82) is 0 Å². The molecule has 18 heteroatoms. The summed E-state index contributed by atoms with van der Waals surface area (Å²) in [5, 5.41) is 0. The fourth-order valence-corrected chi connectivity index (χ4v) is 23.1. The number of quaternary nitrogens is 9. The van der Waals surface area contributed by atoms with Crippen LogP contribution in [-0.2, 0) is 0 Å². The lowest BCUT2D eigenvalue weighted by Gasteiger charge is -2.38. The highest BCUT2D eigenvalue weighted by Crippen LogP contribution is 2.21. The fourth-order valence-electron chi connectivity index (χ4n) is 23.1. The molecule has 0 aliphatic carbocycles. The van der Waals surface area contributed by atoms with Crippen molar-refractivity contribution in [3.05, 3.63) is 0 Å². The molecule has 0 atom stereocenters. The fraction of sp³-hybridized carbons (Fsp3) is 1.00. The molecule has 126 heavy (non-hydrogen) atoms. The zero-order valence-corrected chi connectivity index (χ0v) is 109. The van der Waals surface area contributed by atoms with Gasteiger partial charge in [-0.15, -0.1) is 0 Å². The third kappa shape index (κ3) is 94.2. The molecule has 0 aliphatic heterocycles. The van der Waals surface area contributed by atoms with Gasteiger partial charge in [-0.1, -0.05) is 249 Å². The smallest absolute Gasteiger partial charge is 0.0783 e. The van der Waals surface area contributed by atoms with Crippen molar-refractivity contribution in [2.24, 2.45) is 0 Å². The van der Waals surface area contributed by atoms with Crippen LogP contribution in [0.5, 0.6) is 0 Å². The minimum Gasteiger partial charge on any atom is -1.00 e. The van der Waals surface area contributed by atoms with E-state index in [0.717, 1.165) is 0 Å². The van der Waals surface area contributed by atoms with Gasteiger partial charge >= 0.3 is 0 Å². The van der Waals surface area contributed by atoms with Crippen LogP contribution in [0.2, 0.25) is 0 Å². The number of hydrogen-bond acceptors (Lipinski definition) is 0. The van der Waals surface area contributed by atoms with Gasteiger partial charge in [-0.25, -0.2) is 0 Å². The Morgan fingerprint density at radius 1 is 0.0635 bits per heavy atom. The standard InChI is InChI=1S/9C12H28N.9BrH/c9*1-5-9-13(10-6-2,11-7-3)12-8-4;;;;;;;;;/h9*5-12H2,1-4H3;9*1H/q9*+1;;;;;;;;;/p-9. The number of hydrogen-bond donors (Lipinski definition) is 0. The molecule has 0 aliphatic rings. The highest BCUT2D eigenvalue weighted by atomic mass is 79.9. The average molecular weight is 2400 g/mol. The molecular formula is C108H252Br9N9. The Kier molecular flexibility index (Phi) is 171. The molecule has 0 rings (SSSR count). The van der Waals surface area contributed by atoms with Crippen LogP contribution in [0.25, 0.3) is 0 Å². The number of halogens is 9. The van der Waals surface area contributed by atoms with Crippen molar-refractivity contribution in [2.75, 3.05) is 236 Å². The van der Waals surface area contributed by atoms with Gasteiger partial charge < -0.3 is 193 Å². The molecule has 0 radical (unpaired) electrons. The quantitative estimate of drug-likeness (QED) is 0.0810. The topological polar surface area (TPSA) is 0 Å². The zero-order chi connectivity index (χ0) is 91.4. The van der Waals surface area contributed by atoms with Crippen LogP contribution in [0.1, 0.15) is 480 Å². The van der Waals surface area contributed by atoms with E-state index in [1.807, 2.05) is 0 Å². The molecule has 0 aromatic rings. The average Bonchev–Trinajstić information content (AvgIpc) is 3.66. The van der Waals surface area contributed by atoms with Crippen LogP contribution in [0, 0.1) is 0 Å². The van der Waals surface area contributed by atoms with Crippen molar-refractivity contribution in [3.8, 4) is 0 Å². The first-order valence-electron chi connectivity index (χ1n) is 54.8. The minimum atomic E-state index is 0. The van der Waals surface area contributed by atoms with Crippen molar-refractivity contribution in [1.82, 2.24) is 0 Å². The van der Waals surface area contributed by atoms with Gasteiger partial charge in [0.15, 0.2) is 0 Å². The first kappa shape index (κ1) is 172. The molecular weight excluding hydrogens is 2140 g/mol. The van der Waals surface area contributed by atoms with Crippen molar-refractivity contribution in [3.63, 3.8) is 0 Å². The highest BCUT2D eigenvalue weighted by Gasteiger charge is 2.30. The van der Waals surface area contributed by atoms with Gasteiger partial charge in [0.2, 0.25) is 0 Å². The van der Waals surface area contributed by atoms with E-state index < -0.39 is 0 Å². The van der Waals surface area contributed by atoms with Gasteiger partial charge in [0.05, 0.1) is 236 Å². The van der Waals surface area contributed by atoms with Crippen LogP contribution in [0.15, 0.2) is 0 Å². The van der Waals surface area contributed by atoms with Crippen LogP contribution in [0.4, 0.5) is 0 Å². The molecule has 0 heterocycles. The summed E-state index contributed by atoms with van der Waals surface area (Å²) in [7, 11) is 0. The molecule has 0 spiro atoms. The Morgan fingerprint density at radius 2 is 0.0873 bits per heavy atom. The second-order valence-electron chi connectivity index (χ2n) is 38.1. The van der Waals surface area contributed by atoms with E-state index in [4.69, 9.17) is 0 Å². The Hall–Kier alpha value is 3.96. The SMILES string of the molecule is CCC[N+](CCC)(CCC)CCC.CCC[N+](CCC)(CCC)CCC.CCC[N+](CCC)(CCC)CCC.CCC[N+](CCC)(CCC)CCC.CCC[N+](CCC)(CCC)CCC.CCC[N+](CCC)(CCC)CCC.CCC[N+](CCC)(CCC)CCC.CCC[N+](CCC)(CCC)CCC.CCC[N+](CCC)(CCC)CCC.[Br-].[Br-].[Br-].[Br-].[Br-].[Br-].[Br-].[Br-].[Br-]. The predicted octanol–water partition coefficient (Wildman–Crippen LogP) is 4.02. The molecule has 9 nitrogen and oxygen atoms in total. The minimum absolute atomic E-state index is 0. The molecule has 0 fully saturated rings. The predicted molar refractivity (Wildman–Crippen MR) is 548 cm³/mol. The second-order valence-corrected chi connectivity index (χ2v) is 38.1. The maximum absolute atomic E-state index is 2.31. The van der Waals surface area contributed by atoms with E-state index in [9.17, 15) is 0 Å². The van der Waals surface area contributed by atoms with Crippen LogP contribution >= 0.6 is 0 Å². The molecule has 0 bridgehead atoms. The van der Waals surface area contributed by atoms with E-state index in [0.29, 0.717) is 0 Å². The van der Waals surface area contributed by atoms with E-state index in [-0.39, 0.29) is 153 Å². The molecule has 0 saturated heterocycles. The molecule has 0 aromatic heterocycles.